The van der Waals surface area contributed by atoms with Gasteiger partial charge in [0.15, 0.2) is 6.61 Å². The van der Waals surface area contributed by atoms with Crippen LogP contribution in [0.1, 0.15) is 22.8 Å². The molecule has 5 nitrogen and oxygen atoms in total. The molecular formula is C14H11F3N2O3. The zero-order chi connectivity index (χ0) is 16.9. The van der Waals surface area contributed by atoms with Crippen molar-refractivity contribution in [1.82, 2.24) is 0 Å². The number of nitriles is 1. The maximum absolute atomic E-state index is 12.4. The van der Waals surface area contributed by atoms with Crippen molar-refractivity contribution in [3.05, 3.63) is 46.7 Å². The molecule has 0 aliphatic rings. The number of nitrogens with zero attached hydrogens (tertiary/aromatic N) is 1. The van der Waals surface area contributed by atoms with Gasteiger partial charge in [-0.25, -0.2) is 4.79 Å². The third kappa shape index (κ3) is 4.34. The van der Waals surface area contributed by atoms with Crippen LogP contribution < -0.4 is 5.73 Å². The third-order valence-corrected chi connectivity index (χ3v) is 2.57. The normalized spacial score (nSPS) is 12.1. The predicted octanol–water partition coefficient (Wildman–Crippen LogP) is 2.19. The second kappa shape index (κ2) is 6.76. The van der Waals surface area contributed by atoms with Crippen molar-refractivity contribution in [2.45, 2.75) is 13.1 Å². The molecule has 0 radical (unpaired) electrons. The van der Waals surface area contributed by atoms with Gasteiger partial charge in [0.05, 0.1) is 11.1 Å². The quantitative estimate of drug-likeness (QED) is 0.522. The number of nitrogens with two attached hydrogens (primary N) is 1. The molecule has 0 spiro atoms. The highest BCUT2D eigenvalue weighted by Crippen LogP contribution is 2.29. The second-order valence-electron chi connectivity index (χ2n) is 4.24. The molecule has 22 heavy (non-hydrogen) atoms. The Morgan fingerprint density at radius 1 is 1.27 bits per heavy atom. The molecule has 1 aromatic carbocycles. The molecule has 1 aromatic rings. The van der Waals surface area contributed by atoms with Crippen LogP contribution in [-0.4, -0.2) is 18.4 Å². The van der Waals surface area contributed by atoms with E-state index < -0.39 is 30.1 Å². The third-order valence-electron chi connectivity index (χ3n) is 2.57. The summed E-state index contributed by atoms with van der Waals surface area (Å²) in [4.78, 5) is 23.2. The summed E-state index contributed by atoms with van der Waals surface area (Å²) in [6.07, 6.45) is -4.51. The summed E-state index contributed by atoms with van der Waals surface area (Å²) in [5, 5.41) is 8.70. The highest BCUT2D eigenvalue weighted by molar-refractivity contribution is 6.02. The van der Waals surface area contributed by atoms with Crippen molar-refractivity contribution in [3.63, 3.8) is 0 Å². The van der Waals surface area contributed by atoms with Gasteiger partial charge >= 0.3 is 12.1 Å². The van der Waals surface area contributed by atoms with E-state index in [4.69, 9.17) is 11.0 Å². The van der Waals surface area contributed by atoms with Gasteiger partial charge in [-0.2, -0.15) is 18.4 Å². The number of halogens is 3. The van der Waals surface area contributed by atoms with E-state index >= 15 is 0 Å². The van der Waals surface area contributed by atoms with Gasteiger partial charge in [0.25, 0.3) is 0 Å². The Morgan fingerprint density at radius 2 is 1.82 bits per heavy atom. The molecule has 0 unspecified atom stereocenters. The van der Waals surface area contributed by atoms with Crippen molar-refractivity contribution >= 4 is 11.8 Å². The number of alkyl halides is 3. The van der Waals surface area contributed by atoms with E-state index in [0.29, 0.717) is 0 Å². The highest BCUT2D eigenvalue weighted by atomic mass is 19.4. The van der Waals surface area contributed by atoms with E-state index in [9.17, 15) is 22.8 Å². The summed E-state index contributed by atoms with van der Waals surface area (Å²) < 4.78 is 41.7. The highest BCUT2D eigenvalue weighted by Gasteiger charge is 2.30. The molecule has 0 atom stereocenters. The first-order valence-corrected chi connectivity index (χ1v) is 5.91. The minimum absolute atomic E-state index is 0.0157. The molecule has 0 heterocycles. The fourth-order valence-electron chi connectivity index (χ4n) is 1.45. The number of carbonyl (C=O) groups excluding carboxylic acids is 2. The van der Waals surface area contributed by atoms with Crippen LogP contribution in [0.15, 0.2) is 35.5 Å². The zero-order valence-corrected chi connectivity index (χ0v) is 11.4. The fourth-order valence-corrected chi connectivity index (χ4v) is 1.45. The number of hydrogen-bond donors (Lipinski definition) is 1. The first-order chi connectivity index (χ1) is 10.2. The van der Waals surface area contributed by atoms with Crippen molar-refractivity contribution < 1.29 is 27.5 Å². The lowest BCUT2D eigenvalue weighted by atomic mass is 10.1. The molecule has 0 fully saturated rings. The maximum Gasteiger partial charge on any atom is 0.416 e. The summed E-state index contributed by atoms with van der Waals surface area (Å²) in [6, 6.07) is 4.90. The zero-order valence-electron chi connectivity index (χ0n) is 11.4. The number of allylic oxidation sites excluding steroid dienone is 1. The maximum atomic E-state index is 12.4. The number of rotatable bonds is 4. The van der Waals surface area contributed by atoms with E-state index in [1.54, 1.807) is 6.07 Å². The molecule has 0 amide bonds. The molecule has 1 rings (SSSR count). The Hall–Kier alpha value is -2.82. The van der Waals surface area contributed by atoms with E-state index in [2.05, 4.69) is 4.74 Å². The summed E-state index contributed by atoms with van der Waals surface area (Å²) in [5.74, 6) is -1.77. The topological polar surface area (TPSA) is 93.2 Å². The smallest absolute Gasteiger partial charge is 0.416 e. The number of benzene rings is 1. The Morgan fingerprint density at radius 3 is 2.23 bits per heavy atom. The van der Waals surface area contributed by atoms with Gasteiger partial charge in [-0.3, -0.25) is 4.79 Å². The van der Waals surface area contributed by atoms with Gasteiger partial charge in [-0.05, 0) is 31.2 Å². The van der Waals surface area contributed by atoms with Crippen LogP contribution >= 0.6 is 0 Å². The van der Waals surface area contributed by atoms with E-state index in [-0.39, 0.29) is 16.8 Å². The number of hydrogen-bond acceptors (Lipinski definition) is 5. The van der Waals surface area contributed by atoms with Gasteiger partial charge in [-0.1, -0.05) is 0 Å². The molecule has 0 saturated carbocycles. The summed E-state index contributed by atoms with van der Waals surface area (Å²) in [5.41, 5.74) is 3.91. The number of ether oxygens (including phenoxy) is 1. The van der Waals surface area contributed by atoms with Gasteiger partial charge in [0, 0.05) is 5.70 Å². The van der Waals surface area contributed by atoms with Crippen molar-refractivity contribution in [3.8, 4) is 6.07 Å². The van der Waals surface area contributed by atoms with Crippen LogP contribution in [0, 0.1) is 11.3 Å². The molecule has 0 saturated heterocycles. The van der Waals surface area contributed by atoms with Gasteiger partial charge < -0.3 is 10.5 Å². The van der Waals surface area contributed by atoms with Crippen LogP contribution in [0.5, 0.6) is 0 Å². The Kier molecular flexibility index (Phi) is 5.29. The van der Waals surface area contributed by atoms with Crippen LogP contribution in [0.3, 0.4) is 0 Å². The minimum atomic E-state index is -4.51. The average molecular weight is 312 g/mol. The van der Waals surface area contributed by atoms with Gasteiger partial charge in [0.1, 0.15) is 11.6 Å². The lowest BCUT2D eigenvalue weighted by Crippen LogP contribution is -2.17. The molecule has 0 aliphatic heterocycles. The van der Waals surface area contributed by atoms with Gasteiger partial charge in [0.2, 0.25) is 5.78 Å². The number of Topliss-reactive ketones (excluding diaryl/α,β-unsaturated/α-hetero) is 1. The monoisotopic (exact) mass is 312 g/mol. The molecule has 0 aromatic heterocycles. The minimum Gasteiger partial charge on any atom is -0.454 e. The SMILES string of the molecule is CC(N)=C(C#N)C(=O)COC(=O)c1ccc(C(F)(F)F)cc1. The van der Waals surface area contributed by atoms with Crippen LogP contribution in [0.4, 0.5) is 13.2 Å². The molecule has 8 heteroatoms. The van der Waals surface area contributed by atoms with E-state index in [0.717, 1.165) is 24.3 Å². The molecule has 116 valence electrons. The summed E-state index contributed by atoms with van der Waals surface area (Å²) in [6.45, 7) is 0.616. The van der Waals surface area contributed by atoms with Crippen molar-refractivity contribution in [2.75, 3.05) is 6.61 Å². The Labute approximate surface area is 123 Å². The number of carbonyl (C=O) groups is 2. The molecule has 0 aliphatic carbocycles. The van der Waals surface area contributed by atoms with Crippen LogP contribution in [0.2, 0.25) is 0 Å². The second-order valence-corrected chi connectivity index (χ2v) is 4.24. The van der Waals surface area contributed by atoms with E-state index in [1.807, 2.05) is 0 Å². The number of esters is 1. The Bertz CT molecular complexity index is 651. The van der Waals surface area contributed by atoms with Crippen LogP contribution in [0.25, 0.3) is 0 Å². The first kappa shape index (κ1) is 17.2. The number of ketones is 1. The lowest BCUT2D eigenvalue weighted by molar-refractivity contribution is -0.137. The standard InChI is InChI=1S/C14H11F3N2O3/c1-8(19)11(6-18)12(20)7-22-13(21)9-2-4-10(5-3-9)14(15,16)17/h2-5H,7,19H2,1H3. The summed E-state index contributed by atoms with van der Waals surface area (Å²) in [7, 11) is 0. The molecular weight excluding hydrogens is 301 g/mol. The predicted molar refractivity (Wildman–Crippen MR) is 69.2 cm³/mol. The van der Waals surface area contributed by atoms with Crippen molar-refractivity contribution in [2.24, 2.45) is 5.73 Å². The average Bonchev–Trinajstić information content (AvgIpc) is 2.44. The Balaban J connectivity index is 2.73. The first-order valence-electron chi connectivity index (χ1n) is 5.91. The van der Waals surface area contributed by atoms with Gasteiger partial charge in [-0.15, -0.1) is 0 Å². The fraction of sp³-hybridized carbons (Fsp3) is 0.214. The largest absolute Gasteiger partial charge is 0.454 e. The molecule has 0 bridgehead atoms. The van der Waals surface area contributed by atoms with Crippen LogP contribution in [-0.2, 0) is 15.7 Å². The lowest BCUT2D eigenvalue weighted by Gasteiger charge is -2.07. The molecule has 2 N–H and O–H groups in total. The van der Waals surface area contributed by atoms with E-state index in [1.165, 1.54) is 6.92 Å². The summed E-state index contributed by atoms with van der Waals surface area (Å²) >= 11 is 0. The van der Waals surface area contributed by atoms with Crippen molar-refractivity contribution in [1.29, 1.82) is 5.26 Å².